The molecule has 0 radical (unpaired) electrons. The van der Waals surface area contributed by atoms with Crippen LogP contribution in [0.4, 0.5) is 0 Å². The number of carbonyl (C=O) groups is 1. The normalized spacial score (nSPS) is 17.7. The van der Waals surface area contributed by atoms with E-state index in [0.717, 1.165) is 13.1 Å². The Bertz CT molecular complexity index is 183. The molecule has 0 bridgehead atoms. The lowest BCUT2D eigenvalue weighted by Gasteiger charge is -2.26. The van der Waals surface area contributed by atoms with Crippen molar-refractivity contribution in [3.05, 3.63) is 0 Å². The summed E-state index contributed by atoms with van der Waals surface area (Å²) in [6, 6.07) is 0. The smallest absolute Gasteiger partial charge is 0.248 e. The summed E-state index contributed by atoms with van der Waals surface area (Å²) in [5.41, 5.74) is 2.81. The molecule has 88 valence electrons. The number of nitrogens with zero attached hydrogens (tertiary/aromatic N) is 1. The van der Waals surface area contributed by atoms with Crippen LogP contribution in [0.25, 0.3) is 0 Å². The molecule has 0 aliphatic carbocycles. The fourth-order valence-corrected chi connectivity index (χ4v) is 1.27. The summed E-state index contributed by atoms with van der Waals surface area (Å²) in [5.74, 6) is -0.0204. The fourth-order valence-electron chi connectivity index (χ4n) is 1.27. The number of ether oxygens (including phenoxy) is 2. The number of nitrogens with one attached hydrogen (secondary N) is 2. The third-order valence-corrected chi connectivity index (χ3v) is 2.06. The van der Waals surface area contributed by atoms with E-state index in [-0.39, 0.29) is 5.91 Å². The van der Waals surface area contributed by atoms with Crippen molar-refractivity contribution in [3.63, 3.8) is 0 Å². The van der Waals surface area contributed by atoms with Crippen LogP contribution in [0.1, 0.15) is 0 Å². The van der Waals surface area contributed by atoms with Crippen molar-refractivity contribution in [2.75, 3.05) is 53.1 Å². The molecule has 1 saturated heterocycles. The van der Waals surface area contributed by atoms with Gasteiger partial charge in [-0.3, -0.25) is 10.2 Å². The molecule has 1 aliphatic rings. The molecular formula is C9H19N3O3. The molecule has 6 nitrogen and oxygen atoms in total. The number of methoxy groups -OCH3 is 1. The zero-order valence-electron chi connectivity index (χ0n) is 9.12. The highest BCUT2D eigenvalue weighted by Gasteiger charge is 2.12. The summed E-state index contributed by atoms with van der Waals surface area (Å²) in [5, 5.41) is 4.86. The van der Waals surface area contributed by atoms with Gasteiger partial charge in [-0.05, 0) is 0 Å². The topological polar surface area (TPSA) is 62.8 Å². The zero-order chi connectivity index (χ0) is 10.9. The van der Waals surface area contributed by atoms with Gasteiger partial charge in [0.15, 0.2) is 0 Å². The predicted octanol–water partition coefficient (Wildman–Crippen LogP) is -1.41. The van der Waals surface area contributed by atoms with Crippen LogP contribution in [-0.2, 0) is 14.3 Å². The van der Waals surface area contributed by atoms with Crippen molar-refractivity contribution in [2.45, 2.75) is 0 Å². The van der Waals surface area contributed by atoms with Crippen LogP contribution in [0.3, 0.4) is 0 Å². The Morgan fingerprint density at radius 2 is 2.20 bits per heavy atom. The Kier molecular flexibility index (Phi) is 6.26. The van der Waals surface area contributed by atoms with Gasteiger partial charge in [-0.2, -0.15) is 0 Å². The van der Waals surface area contributed by atoms with Gasteiger partial charge in [0.05, 0.1) is 26.4 Å². The first-order chi connectivity index (χ1) is 7.33. The highest BCUT2D eigenvalue weighted by atomic mass is 16.5. The van der Waals surface area contributed by atoms with Crippen molar-refractivity contribution in [1.29, 1.82) is 0 Å². The minimum atomic E-state index is -0.0204. The molecule has 1 amide bonds. The number of rotatable bonds is 6. The number of hydrazine groups is 1. The van der Waals surface area contributed by atoms with Gasteiger partial charge in [0, 0.05) is 26.7 Å². The van der Waals surface area contributed by atoms with Crippen LogP contribution < -0.4 is 10.7 Å². The van der Waals surface area contributed by atoms with E-state index in [2.05, 4.69) is 10.7 Å². The zero-order valence-corrected chi connectivity index (χ0v) is 9.12. The first-order valence-corrected chi connectivity index (χ1v) is 5.15. The van der Waals surface area contributed by atoms with E-state index >= 15 is 0 Å². The Labute approximate surface area is 89.9 Å². The van der Waals surface area contributed by atoms with Crippen molar-refractivity contribution < 1.29 is 14.3 Å². The molecule has 0 aromatic heterocycles. The number of hydrogen-bond donors (Lipinski definition) is 2. The molecule has 1 heterocycles. The van der Waals surface area contributed by atoms with Crippen LogP contribution >= 0.6 is 0 Å². The molecule has 0 saturated carbocycles. The summed E-state index contributed by atoms with van der Waals surface area (Å²) in [7, 11) is 1.63. The third-order valence-electron chi connectivity index (χ3n) is 2.06. The summed E-state index contributed by atoms with van der Waals surface area (Å²) in [6.07, 6.45) is 0. The van der Waals surface area contributed by atoms with Gasteiger partial charge < -0.3 is 14.8 Å². The van der Waals surface area contributed by atoms with Gasteiger partial charge in [0.1, 0.15) is 0 Å². The Hall–Kier alpha value is -0.690. The number of hydrogen-bond acceptors (Lipinski definition) is 5. The van der Waals surface area contributed by atoms with Gasteiger partial charge in [0.2, 0.25) is 5.91 Å². The van der Waals surface area contributed by atoms with Gasteiger partial charge in [-0.25, -0.2) is 5.01 Å². The van der Waals surface area contributed by atoms with Crippen molar-refractivity contribution in [1.82, 2.24) is 15.8 Å². The molecule has 0 aromatic carbocycles. The molecule has 6 heteroatoms. The highest BCUT2D eigenvalue weighted by Crippen LogP contribution is 1.91. The fraction of sp³-hybridized carbons (Fsp3) is 0.889. The van der Waals surface area contributed by atoms with E-state index in [0.29, 0.717) is 32.9 Å². The number of morpholine rings is 1. The van der Waals surface area contributed by atoms with E-state index in [9.17, 15) is 4.79 Å². The average Bonchev–Trinajstić information content (AvgIpc) is 2.26. The Morgan fingerprint density at radius 1 is 1.47 bits per heavy atom. The maximum atomic E-state index is 11.4. The van der Waals surface area contributed by atoms with E-state index in [1.54, 1.807) is 7.11 Å². The lowest BCUT2D eigenvalue weighted by molar-refractivity contribution is -0.127. The van der Waals surface area contributed by atoms with E-state index in [1.165, 1.54) is 0 Å². The lowest BCUT2D eigenvalue weighted by atomic mass is 10.5. The second kappa shape index (κ2) is 7.58. The van der Waals surface area contributed by atoms with Gasteiger partial charge in [0.25, 0.3) is 0 Å². The van der Waals surface area contributed by atoms with Crippen LogP contribution in [-0.4, -0.2) is 64.0 Å². The van der Waals surface area contributed by atoms with Gasteiger partial charge in [-0.15, -0.1) is 0 Å². The molecule has 0 unspecified atom stereocenters. The maximum Gasteiger partial charge on any atom is 0.248 e. The SMILES string of the molecule is COCCNCC(=O)NN1CCOCC1. The lowest BCUT2D eigenvalue weighted by Crippen LogP contribution is -2.50. The van der Waals surface area contributed by atoms with Gasteiger partial charge in [-0.1, -0.05) is 0 Å². The van der Waals surface area contributed by atoms with Crippen molar-refractivity contribution in [3.8, 4) is 0 Å². The van der Waals surface area contributed by atoms with Crippen LogP contribution in [0.2, 0.25) is 0 Å². The minimum absolute atomic E-state index is 0.0204. The second-order valence-electron chi connectivity index (χ2n) is 3.30. The number of carbonyl (C=O) groups excluding carboxylic acids is 1. The molecule has 0 spiro atoms. The van der Waals surface area contributed by atoms with Crippen molar-refractivity contribution in [2.24, 2.45) is 0 Å². The van der Waals surface area contributed by atoms with E-state index < -0.39 is 0 Å². The summed E-state index contributed by atoms with van der Waals surface area (Å²) in [6.45, 7) is 4.49. The molecule has 0 atom stereocenters. The average molecular weight is 217 g/mol. The second-order valence-corrected chi connectivity index (χ2v) is 3.30. The van der Waals surface area contributed by atoms with Crippen LogP contribution in [0, 0.1) is 0 Å². The summed E-state index contributed by atoms with van der Waals surface area (Å²) < 4.78 is 10.0. The monoisotopic (exact) mass is 217 g/mol. The molecule has 1 aliphatic heterocycles. The molecule has 1 rings (SSSR count). The predicted molar refractivity (Wildman–Crippen MR) is 55.3 cm³/mol. The molecule has 15 heavy (non-hydrogen) atoms. The van der Waals surface area contributed by atoms with Gasteiger partial charge >= 0.3 is 0 Å². The minimum Gasteiger partial charge on any atom is -0.383 e. The molecular weight excluding hydrogens is 198 g/mol. The van der Waals surface area contributed by atoms with E-state index in [4.69, 9.17) is 9.47 Å². The highest BCUT2D eigenvalue weighted by molar-refractivity contribution is 5.77. The summed E-state index contributed by atoms with van der Waals surface area (Å²) >= 11 is 0. The third kappa shape index (κ3) is 5.68. The molecule has 0 aromatic rings. The molecule has 1 fully saturated rings. The first kappa shape index (κ1) is 12.4. The molecule has 2 N–H and O–H groups in total. The van der Waals surface area contributed by atoms with Crippen LogP contribution in [0.15, 0.2) is 0 Å². The largest absolute Gasteiger partial charge is 0.383 e. The summed E-state index contributed by atoms with van der Waals surface area (Å²) in [4.78, 5) is 11.4. The maximum absolute atomic E-state index is 11.4. The number of amides is 1. The Morgan fingerprint density at radius 3 is 2.87 bits per heavy atom. The van der Waals surface area contributed by atoms with E-state index in [1.807, 2.05) is 5.01 Å². The van der Waals surface area contributed by atoms with Crippen molar-refractivity contribution >= 4 is 5.91 Å². The standard InChI is InChI=1S/C9H19N3O3/c1-14-5-2-10-8-9(13)11-12-3-6-15-7-4-12/h10H,2-8H2,1H3,(H,11,13). The van der Waals surface area contributed by atoms with Crippen LogP contribution in [0.5, 0.6) is 0 Å². The Balaban J connectivity index is 2.01. The quantitative estimate of drug-likeness (QED) is 0.535. The first-order valence-electron chi connectivity index (χ1n) is 5.15.